The van der Waals surface area contributed by atoms with E-state index >= 15 is 0 Å². The fourth-order valence-corrected chi connectivity index (χ4v) is 1.55. The number of carboxylic acid groups (broad SMARTS) is 1. The van der Waals surface area contributed by atoms with Crippen LogP contribution in [0.15, 0.2) is 42.6 Å². The highest BCUT2D eigenvalue weighted by atomic mass is 19.1. The minimum atomic E-state index is -1.11. The van der Waals surface area contributed by atoms with Gasteiger partial charge in [-0.05, 0) is 35.9 Å². The largest absolute Gasteiger partial charge is 0.477 e. The minimum Gasteiger partial charge on any atom is -0.477 e. The Hall–Kier alpha value is -2.96. The molecule has 0 atom stereocenters. The van der Waals surface area contributed by atoms with Crippen molar-refractivity contribution in [1.29, 1.82) is 0 Å². The van der Waals surface area contributed by atoms with Gasteiger partial charge in [0, 0.05) is 18.4 Å². The lowest BCUT2D eigenvalue weighted by atomic mass is 10.2. The van der Waals surface area contributed by atoms with Crippen molar-refractivity contribution in [3.63, 3.8) is 0 Å². The molecule has 3 N–H and O–H groups in total. The van der Waals surface area contributed by atoms with E-state index in [-0.39, 0.29) is 18.1 Å². The smallest absolute Gasteiger partial charge is 0.354 e. The molecule has 0 aliphatic rings. The molecule has 1 heterocycles. The average molecular weight is 289 g/mol. The van der Waals surface area contributed by atoms with Gasteiger partial charge in [-0.15, -0.1) is 0 Å². The molecule has 0 bridgehead atoms. The van der Waals surface area contributed by atoms with E-state index < -0.39 is 12.0 Å². The summed E-state index contributed by atoms with van der Waals surface area (Å²) in [6.07, 6.45) is 1.38. The van der Waals surface area contributed by atoms with Crippen LogP contribution in [-0.2, 0) is 6.54 Å². The number of rotatable bonds is 4. The fraction of sp³-hybridized carbons (Fsp3) is 0.0714. The highest BCUT2D eigenvalue weighted by Gasteiger charge is 2.05. The van der Waals surface area contributed by atoms with Gasteiger partial charge in [-0.2, -0.15) is 0 Å². The molecule has 0 spiro atoms. The number of carboxylic acids is 1. The molecule has 0 aliphatic heterocycles. The van der Waals surface area contributed by atoms with Crippen molar-refractivity contribution in [3.05, 3.63) is 59.7 Å². The summed E-state index contributed by atoms with van der Waals surface area (Å²) in [4.78, 5) is 26.0. The molecule has 7 heteroatoms. The topological polar surface area (TPSA) is 91.3 Å². The zero-order valence-corrected chi connectivity index (χ0v) is 10.8. The first-order valence-electron chi connectivity index (χ1n) is 6.03. The number of halogens is 1. The molecule has 1 aromatic heterocycles. The molecule has 2 rings (SSSR count). The zero-order valence-electron chi connectivity index (χ0n) is 10.8. The number of benzene rings is 1. The number of anilines is 1. The second-order valence-electron chi connectivity index (χ2n) is 4.17. The highest BCUT2D eigenvalue weighted by molar-refractivity contribution is 5.89. The van der Waals surface area contributed by atoms with Crippen LogP contribution in [0.5, 0.6) is 0 Å². The Morgan fingerprint density at radius 3 is 2.43 bits per heavy atom. The summed E-state index contributed by atoms with van der Waals surface area (Å²) in [5, 5.41) is 13.8. The van der Waals surface area contributed by atoms with Gasteiger partial charge < -0.3 is 15.7 Å². The molecule has 0 saturated heterocycles. The van der Waals surface area contributed by atoms with Crippen LogP contribution in [-0.4, -0.2) is 22.1 Å². The predicted molar refractivity (Wildman–Crippen MR) is 73.5 cm³/mol. The Kier molecular flexibility index (Phi) is 4.45. The summed E-state index contributed by atoms with van der Waals surface area (Å²) in [6.45, 7) is 0.194. The third-order valence-electron chi connectivity index (χ3n) is 2.60. The first-order valence-corrected chi connectivity index (χ1v) is 6.03. The van der Waals surface area contributed by atoms with Gasteiger partial charge in [-0.3, -0.25) is 0 Å². The molecule has 0 unspecified atom stereocenters. The van der Waals surface area contributed by atoms with Crippen molar-refractivity contribution in [2.24, 2.45) is 0 Å². The Bertz CT molecular complexity index is 642. The van der Waals surface area contributed by atoms with E-state index in [0.717, 1.165) is 0 Å². The number of aromatic nitrogens is 1. The highest BCUT2D eigenvalue weighted by Crippen LogP contribution is 2.08. The Labute approximate surface area is 119 Å². The first kappa shape index (κ1) is 14.4. The molecule has 21 heavy (non-hydrogen) atoms. The van der Waals surface area contributed by atoms with Crippen molar-refractivity contribution in [3.8, 4) is 0 Å². The number of amides is 2. The monoisotopic (exact) mass is 289 g/mol. The molecule has 2 aromatic rings. The lowest BCUT2D eigenvalue weighted by Gasteiger charge is -2.07. The number of carbonyl (C=O) groups is 2. The maximum Gasteiger partial charge on any atom is 0.354 e. The fourth-order valence-electron chi connectivity index (χ4n) is 1.55. The van der Waals surface area contributed by atoms with Gasteiger partial charge >= 0.3 is 12.0 Å². The summed E-state index contributed by atoms with van der Waals surface area (Å²) in [7, 11) is 0. The van der Waals surface area contributed by atoms with Crippen LogP contribution in [0.1, 0.15) is 16.1 Å². The van der Waals surface area contributed by atoms with E-state index in [1.807, 2.05) is 0 Å². The van der Waals surface area contributed by atoms with Gasteiger partial charge in [0.15, 0.2) is 0 Å². The van der Waals surface area contributed by atoms with Crippen LogP contribution in [0.4, 0.5) is 14.9 Å². The first-order chi connectivity index (χ1) is 10.0. The van der Waals surface area contributed by atoms with E-state index in [0.29, 0.717) is 11.3 Å². The lowest BCUT2D eigenvalue weighted by Crippen LogP contribution is -2.28. The van der Waals surface area contributed by atoms with Crippen LogP contribution in [0.3, 0.4) is 0 Å². The third-order valence-corrected chi connectivity index (χ3v) is 2.60. The van der Waals surface area contributed by atoms with Gasteiger partial charge in [0.1, 0.15) is 11.5 Å². The Morgan fingerprint density at radius 2 is 1.86 bits per heavy atom. The zero-order chi connectivity index (χ0) is 15.2. The Balaban J connectivity index is 1.86. The van der Waals surface area contributed by atoms with Gasteiger partial charge in [-0.1, -0.05) is 6.07 Å². The summed E-state index contributed by atoms with van der Waals surface area (Å²) in [5.41, 5.74) is 1.07. The van der Waals surface area contributed by atoms with E-state index in [1.165, 1.54) is 36.5 Å². The van der Waals surface area contributed by atoms with E-state index in [2.05, 4.69) is 15.6 Å². The number of carbonyl (C=O) groups excluding carboxylic acids is 1. The van der Waals surface area contributed by atoms with E-state index in [9.17, 15) is 14.0 Å². The summed E-state index contributed by atoms with van der Waals surface area (Å²) in [6, 6.07) is 7.83. The minimum absolute atomic E-state index is 0.0606. The second-order valence-corrected chi connectivity index (χ2v) is 4.17. The van der Waals surface area contributed by atoms with Crippen LogP contribution in [0, 0.1) is 5.82 Å². The molecule has 0 fully saturated rings. The van der Waals surface area contributed by atoms with Crippen molar-refractivity contribution < 1.29 is 19.1 Å². The number of pyridine rings is 1. The number of nitrogens with one attached hydrogen (secondary N) is 2. The van der Waals surface area contributed by atoms with Crippen molar-refractivity contribution in [1.82, 2.24) is 10.3 Å². The summed E-state index contributed by atoms with van der Waals surface area (Å²) >= 11 is 0. The molecule has 6 nitrogen and oxygen atoms in total. The predicted octanol–water partition coefficient (Wildman–Crippen LogP) is 2.24. The number of nitrogens with zero attached hydrogens (tertiary/aromatic N) is 1. The van der Waals surface area contributed by atoms with Crippen LogP contribution in [0.25, 0.3) is 0 Å². The molecule has 0 radical (unpaired) electrons. The van der Waals surface area contributed by atoms with E-state index in [1.54, 1.807) is 6.07 Å². The normalized spacial score (nSPS) is 9.95. The molecule has 0 saturated carbocycles. The van der Waals surface area contributed by atoms with Crippen LogP contribution in [0.2, 0.25) is 0 Å². The van der Waals surface area contributed by atoms with Crippen LogP contribution < -0.4 is 10.6 Å². The third kappa shape index (κ3) is 4.27. The lowest BCUT2D eigenvalue weighted by molar-refractivity contribution is 0.0690. The number of hydrogen-bond acceptors (Lipinski definition) is 3. The van der Waals surface area contributed by atoms with Crippen molar-refractivity contribution in [2.45, 2.75) is 6.54 Å². The quantitative estimate of drug-likeness (QED) is 0.805. The van der Waals surface area contributed by atoms with Crippen LogP contribution >= 0.6 is 0 Å². The van der Waals surface area contributed by atoms with Gasteiger partial charge in [0.25, 0.3) is 0 Å². The number of hydrogen-bond donors (Lipinski definition) is 3. The second kappa shape index (κ2) is 6.47. The van der Waals surface area contributed by atoms with Gasteiger partial charge in [0.05, 0.1) is 0 Å². The maximum atomic E-state index is 12.7. The molecule has 108 valence electrons. The standard InChI is InChI=1S/C14H12FN3O3/c15-10-2-4-11(5-3-10)18-14(21)17-8-9-1-6-12(13(19)20)16-7-9/h1-7H,8H2,(H,19,20)(H2,17,18,21). The summed E-state index contributed by atoms with van der Waals surface area (Å²) in [5.74, 6) is -1.49. The summed E-state index contributed by atoms with van der Waals surface area (Å²) < 4.78 is 12.7. The molecule has 1 aromatic carbocycles. The molecular weight excluding hydrogens is 277 g/mol. The maximum absolute atomic E-state index is 12.7. The molecular formula is C14H12FN3O3. The SMILES string of the molecule is O=C(NCc1ccc(C(=O)O)nc1)Nc1ccc(F)cc1. The Morgan fingerprint density at radius 1 is 1.14 bits per heavy atom. The number of aromatic carboxylic acids is 1. The van der Waals surface area contributed by atoms with E-state index in [4.69, 9.17) is 5.11 Å². The van der Waals surface area contributed by atoms with Gasteiger partial charge in [0.2, 0.25) is 0 Å². The molecule has 0 aliphatic carbocycles. The van der Waals surface area contributed by atoms with Crippen molar-refractivity contribution in [2.75, 3.05) is 5.32 Å². The van der Waals surface area contributed by atoms with Crippen molar-refractivity contribution >= 4 is 17.7 Å². The average Bonchev–Trinajstić information content (AvgIpc) is 2.48. The number of urea groups is 1. The van der Waals surface area contributed by atoms with Gasteiger partial charge in [-0.25, -0.2) is 19.0 Å². The molecule has 2 amide bonds.